The molecule has 0 N–H and O–H groups in total. The Bertz CT molecular complexity index is 668. The fraction of sp³-hybridized carbons (Fsp3) is 0.0714. The van der Waals surface area contributed by atoms with Gasteiger partial charge in [0.2, 0.25) is 0 Å². The molecule has 0 aliphatic heterocycles. The smallest absolute Gasteiger partial charge is 0.140 e. The molecule has 0 saturated carbocycles. The number of benzene rings is 1. The fourth-order valence-electron chi connectivity index (χ4n) is 2.07. The van der Waals surface area contributed by atoms with Crippen LogP contribution in [0.5, 0.6) is 0 Å². The quantitative estimate of drug-likeness (QED) is 0.622. The minimum absolute atomic E-state index is 0.216. The van der Waals surface area contributed by atoms with E-state index in [9.17, 15) is 4.39 Å². The van der Waals surface area contributed by atoms with E-state index < -0.39 is 0 Å². The van der Waals surface area contributed by atoms with E-state index in [1.54, 1.807) is 18.3 Å². The summed E-state index contributed by atoms with van der Waals surface area (Å²) in [5.41, 5.74) is 3.02. The molecule has 2 nitrogen and oxygen atoms in total. The molecule has 0 amide bonds. The van der Waals surface area contributed by atoms with Crippen LogP contribution in [0.4, 0.5) is 4.39 Å². The molecule has 84 valence electrons. The molecule has 2 heterocycles. The number of nitrogens with zero attached hydrogens (tertiary/aromatic N) is 2. The zero-order valence-electron chi connectivity index (χ0n) is 9.39. The Morgan fingerprint density at radius 2 is 1.88 bits per heavy atom. The molecule has 0 spiro atoms. The first kappa shape index (κ1) is 10.0. The molecule has 2 aromatic heterocycles. The van der Waals surface area contributed by atoms with Crippen molar-refractivity contribution in [3.05, 3.63) is 54.6 Å². The summed E-state index contributed by atoms with van der Waals surface area (Å²) in [4.78, 5) is 4.33. The van der Waals surface area contributed by atoms with Crippen molar-refractivity contribution in [1.82, 2.24) is 9.55 Å². The van der Waals surface area contributed by atoms with Gasteiger partial charge in [-0.05, 0) is 29.8 Å². The Hall–Kier alpha value is -2.16. The molecule has 0 aliphatic carbocycles. The summed E-state index contributed by atoms with van der Waals surface area (Å²) in [5.74, 6) is -0.216. The van der Waals surface area contributed by atoms with E-state index in [2.05, 4.69) is 4.98 Å². The van der Waals surface area contributed by atoms with Crippen LogP contribution in [0, 0.1) is 5.82 Å². The molecule has 1 aromatic carbocycles. The van der Waals surface area contributed by atoms with Crippen molar-refractivity contribution in [3.8, 4) is 11.1 Å². The number of hydrogen-bond donors (Lipinski definition) is 0. The third-order valence-electron chi connectivity index (χ3n) is 2.89. The summed E-state index contributed by atoms with van der Waals surface area (Å²) >= 11 is 0. The van der Waals surface area contributed by atoms with Crippen LogP contribution >= 0.6 is 0 Å². The van der Waals surface area contributed by atoms with E-state index in [-0.39, 0.29) is 5.82 Å². The van der Waals surface area contributed by atoms with E-state index in [0.717, 1.165) is 22.2 Å². The van der Waals surface area contributed by atoms with Gasteiger partial charge in [0.25, 0.3) is 0 Å². The summed E-state index contributed by atoms with van der Waals surface area (Å²) in [5, 5.41) is 1.08. The van der Waals surface area contributed by atoms with Crippen LogP contribution < -0.4 is 0 Å². The maximum atomic E-state index is 12.9. The fourth-order valence-corrected chi connectivity index (χ4v) is 2.07. The molecule has 3 aromatic rings. The van der Waals surface area contributed by atoms with Crippen molar-refractivity contribution >= 4 is 11.0 Å². The van der Waals surface area contributed by atoms with Crippen LogP contribution in [0.25, 0.3) is 22.2 Å². The van der Waals surface area contributed by atoms with Gasteiger partial charge in [-0.15, -0.1) is 0 Å². The highest BCUT2D eigenvalue weighted by Gasteiger charge is 2.08. The number of halogens is 1. The maximum absolute atomic E-state index is 12.9. The van der Waals surface area contributed by atoms with Gasteiger partial charge in [0.1, 0.15) is 11.5 Å². The number of aryl methyl sites for hydroxylation is 1. The van der Waals surface area contributed by atoms with Crippen LogP contribution in [-0.4, -0.2) is 9.55 Å². The monoisotopic (exact) mass is 226 g/mol. The largest absolute Gasteiger partial charge is 0.335 e. The molecule has 0 atom stereocenters. The lowest BCUT2D eigenvalue weighted by Gasteiger charge is -1.98. The number of hydrogen-bond acceptors (Lipinski definition) is 1. The van der Waals surface area contributed by atoms with E-state index in [0.29, 0.717) is 0 Å². The van der Waals surface area contributed by atoms with Crippen LogP contribution in [0.1, 0.15) is 0 Å². The molecular weight excluding hydrogens is 215 g/mol. The molecule has 17 heavy (non-hydrogen) atoms. The predicted octanol–water partition coefficient (Wildman–Crippen LogP) is 3.38. The van der Waals surface area contributed by atoms with Crippen molar-refractivity contribution < 1.29 is 4.39 Å². The van der Waals surface area contributed by atoms with Crippen LogP contribution in [0.2, 0.25) is 0 Å². The van der Waals surface area contributed by atoms with E-state index in [1.807, 2.05) is 29.9 Å². The van der Waals surface area contributed by atoms with Gasteiger partial charge >= 0.3 is 0 Å². The molecule has 0 unspecified atom stereocenters. The van der Waals surface area contributed by atoms with Crippen molar-refractivity contribution in [3.63, 3.8) is 0 Å². The third-order valence-corrected chi connectivity index (χ3v) is 2.89. The second-order valence-corrected chi connectivity index (χ2v) is 4.04. The molecule has 0 radical (unpaired) electrons. The number of pyridine rings is 1. The van der Waals surface area contributed by atoms with Gasteiger partial charge in [0.05, 0.1) is 0 Å². The van der Waals surface area contributed by atoms with Crippen LogP contribution in [-0.2, 0) is 7.05 Å². The molecule has 3 heteroatoms. The molecular formula is C14H11FN2. The van der Waals surface area contributed by atoms with Gasteiger partial charge in [-0.3, -0.25) is 0 Å². The third kappa shape index (κ3) is 1.60. The molecule has 0 aliphatic rings. The van der Waals surface area contributed by atoms with Crippen molar-refractivity contribution in [1.29, 1.82) is 0 Å². The van der Waals surface area contributed by atoms with Gasteiger partial charge in [-0.1, -0.05) is 12.1 Å². The second kappa shape index (κ2) is 3.70. The van der Waals surface area contributed by atoms with E-state index in [4.69, 9.17) is 0 Å². The first-order valence-corrected chi connectivity index (χ1v) is 5.42. The maximum Gasteiger partial charge on any atom is 0.140 e. The van der Waals surface area contributed by atoms with Crippen molar-refractivity contribution in [2.75, 3.05) is 0 Å². The highest BCUT2D eigenvalue weighted by molar-refractivity contribution is 5.93. The van der Waals surface area contributed by atoms with Crippen molar-refractivity contribution in [2.45, 2.75) is 0 Å². The molecule has 0 bridgehead atoms. The summed E-state index contributed by atoms with van der Waals surface area (Å²) < 4.78 is 14.9. The Morgan fingerprint density at radius 1 is 1.12 bits per heavy atom. The lowest BCUT2D eigenvalue weighted by atomic mass is 10.1. The zero-order chi connectivity index (χ0) is 11.8. The average molecular weight is 226 g/mol. The number of rotatable bonds is 1. The summed E-state index contributed by atoms with van der Waals surface area (Å²) in [6.07, 6.45) is 3.79. The van der Waals surface area contributed by atoms with E-state index in [1.165, 1.54) is 12.1 Å². The standard InChI is InChI=1S/C14H11FN2/c1-17-9-13(10-4-6-11(15)7-5-10)12-3-2-8-16-14(12)17/h2-9H,1H3. The Kier molecular flexibility index (Phi) is 2.18. The molecule has 0 saturated heterocycles. The molecule has 3 rings (SSSR count). The Labute approximate surface area is 98.3 Å². The van der Waals surface area contributed by atoms with Crippen LogP contribution in [0.15, 0.2) is 48.8 Å². The minimum Gasteiger partial charge on any atom is -0.335 e. The SMILES string of the molecule is Cn1cc(-c2ccc(F)cc2)c2cccnc21. The summed E-state index contributed by atoms with van der Waals surface area (Å²) in [7, 11) is 1.96. The average Bonchev–Trinajstić information content (AvgIpc) is 2.69. The predicted molar refractivity (Wildman–Crippen MR) is 66.1 cm³/mol. The normalized spacial score (nSPS) is 10.9. The topological polar surface area (TPSA) is 17.8 Å². The highest BCUT2D eigenvalue weighted by Crippen LogP contribution is 2.28. The molecule has 0 fully saturated rings. The van der Waals surface area contributed by atoms with Gasteiger partial charge in [-0.2, -0.15) is 0 Å². The first-order chi connectivity index (χ1) is 8.25. The van der Waals surface area contributed by atoms with E-state index >= 15 is 0 Å². The first-order valence-electron chi connectivity index (χ1n) is 5.42. The van der Waals surface area contributed by atoms with Gasteiger partial charge in [-0.25, -0.2) is 9.37 Å². The van der Waals surface area contributed by atoms with Gasteiger partial charge in [0, 0.05) is 30.4 Å². The lowest BCUT2D eigenvalue weighted by Crippen LogP contribution is -1.85. The summed E-state index contributed by atoms with van der Waals surface area (Å²) in [6, 6.07) is 10.5. The highest BCUT2D eigenvalue weighted by atomic mass is 19.1. The number of aromatic nitrogens is 2. The van der Waals surface area contributed by atoms with Crippen molar-refractivity contribution in [2.24, 2.45) is 7.05 Å². The Morgan fingerprint density at radius 3 is 2.65 bits per heavy atom. The number of fused-ring (bicyclic) bond motifs is 1. The summed E-state index contributed by atoms with van der Waals surface area (Å²) in [6.45, 7) is 0. The Balaban J connectivity index is 2.27. The minimum atomic E-state index is -0.216. The zero-order valence-corrected chi connectivity index (χ0v) is 9.39. The van der Waals surface area contributed by atoms with Gasteiger partial charge in [0.15, 0.2) is 0 Å². The van der Waals surface area contributed by atoms with Crippen LogP contribution in [0.3, 0.4) is 0 Å². The van der Waals surface area contributed by atoms with Gasteiger partial charge < -0.3 is 4.57 Å². The lowest BCUT2D eigenvalue weighted by molar-refractivity contribution is 0.628. The second-order valence-electron chi connectivity index (χ2n) is 4.04.